The van der Waals surface area contributed by atoms with Gasteiger partial charge in [-0.25, -0.2) is 9.67 Å². The quantitative estimate of drug-likeness (QED) is 0.396. The van der Waals surface area contributed by atoms with Gasteiger partial charge in [0.25, 0.3) is 11.6 Å². The number of nitro benzene ring substituents is 1. The Labute approximate surface area is 191 Å². The van der Waals surface area contributed by atoms with E-state index < -0.39 is 4.92 Å². The van der Waals surface area contributed by atoms with Crippen molar-refractivity contribution < 1.29 is 14.5 Å². The van der Waals surface area contributed by atoms with Crippen molar-refractivity contribution in [1.82, 2.24) is 20.1 Å². The van der Waals surface area contributed by atoms with Crippen LogP contribution in [-0.2, 0) is 24.2 Å². The highest BCUT2D eigenvalue weighted by Crippen LogP contribution is 2.31. The number of amides is 1. The number of hydrogen-bond acceptors (Lipinski definition) is 7. The van der Waals surface area contributed by atoms with Gasteiger partial charge in [-0.2, -0.15) is 5.10 Å². The number of carbonyl (C=O) groups is 1. The van der Waals surface area contributed by atoms with Crippen molar-refractivity contribution in [3.63, 3.8) is 0 Å². The highest BCUT2D eigenvalue weighted by Gasteiger charge is 2.22. The Morgan fingerprint density at radius 2 is 2.09 bits per heavy atom. The molecule has 174 valence electrons. The van der Waals surface area contributed by atoms with Gasteiger partial charge in [-0.05, 0) is 32.3 Å². The van der Waals surface area contributed by atoms with Crippen LogP contribution in [0.1, 0.15) is 48.3 Å². The van der Waals surface area contributed by atoms with Crippen molar-refractivity contribution in [3.8, 4) is 0 Å². The number of nitrogens with one attached hydrogen (secondary N) is 2. The molecule has 1 aromatic carbocycles. The maximum atomic E-state index is 12.8. The van der Waals surface area contributed by atoms with Gasteiger partial charge in [-0.15, -0.1) is 0 Å². The van der Waals surface area contributed by atoms with Crippen molar-refractivity contribution in [1.29, 1.82) is 0 Å². The number of rotatable bonds is 8. The lowest BCUT2D eigenvalue weighted by Gasteiger charge is -2.26. The molecule has 0 saturated carbocycles. The van der Waals surface area contributed by atoms with Gasteiger partial charge in [0.2, 0.25) is 0 Å². The molecule has 0 radical (unpaired) electrons. The lowest BCUT2D eigenvalue weighted by Crippen LogP contribution is -2.30. The van der Waals surface area contributed by atoms with Crippen LogP contribution in [0.2, 0.25) is 0 Å². The van der Waals surface area contributed by atoms with Crippen LogP contribution >= 0.6 is 0 Å². The number of fused-ring (bicyclic) bond motifs is 1. The van der Waals surface area contributed by atoms with Crippen molar-refractivity contribution >= 4 is 28.3 Å². The van der Waals surface area contributed by atoms with E-state index in [0.717, 1.165) is 40.8 Å². The normalized spacial score (nSPS) is 14.4. The molecular formula is C23H28N6O4. The van der Waals surface area contributed by atoms with Gasteiger partial charge in [-0.3, -0.25) is 14.9 Å². The molecule has 0 spiro atoms. The fourth-order valence-corrected chi connectivity index (χ4v) is 4.13. The number of aromatic nitrogens is 3. The van der Waals surface area contributed by atoms with Gasteiger partial charge in [0.15, 0.2) is 5.65 Å². The van der Waals surface area contributed by atoms with E-state index in [1.807, 2.05) is 24.7 Å². The molecule has 1 fully saturated rings. The maximum Gasteiger partial charge on any atom is 0.270 e. The number of ether oxygens (including phenoxy) is 1. The third-order valence-electron chi connectivity index (χ3n) is 5.92. The van der Waals surface area contributed by atoms with Crippen LogP contribution in [0.25, 0.3) is 11.0 Å². The summed E-state index contributed by atoms with van der Waals surface area (Å²) in [5, 5.41) is 23.1. The molecule has 1 amide bonds. The summed E-state index contributed by atoms with van der Waals surface area (Å²) in [5.41, 5.74) is 3.67. The summed E-state index contributed by atoms with van der Waals surface area (Å²) in [5.74, 6) is -0.373. The van der Waals surface area contributed by atoms with E-state index in [9.17, 15) is 14.9 Å². The zero-order valence-corrected chi connectivity index (χ0v) is 18.8. The average molecular weight is 453 g/mol. The van der Waals surface area contributed by atoms with Crippen LogP contribution in [0.4, 0.5) is 11.4 Å². The minimum absolute atomic E-state index is 0.117. The molecule has 4 rings (SSSR count). The van der Waals surface area contributed by atoms with Crippen LogP contribution in [-0.4, -0.2) is 44.9 Å². The predicted molar refractivity (Wildman–Crippen MR) is 124 cm³/mol. The Morgan fingerprint density at radius 3 is 2.79 bits per heavy atom. The molecule has 10 heteroatoms. The summed E-state index contributed by atoms with van der Waals surface area (Å²) in [4.78, 5) is 28.2. The van der Waals surface area contributed by atoms with E-state index in [2.05, 4.69) is 15.7 Å². The van der Waals surface area contributed by atoms with Crippen LogP contribution in [0.15, 0.2) is 30.5 Å². The first kappa shape index (κ1) is 22.7. The summed E-state index contributed by atoms with van der Waals surface area (Å²) in [6.07, 6.45) is 4.30. The highest BCUT2D eigenvalue weighted by atomic mass is 16.6. The molecule has 10 nitrogen and oxygen atoms in total. The smallest absolute Gasteiger partial charge is 0.270 e. The van der Waals surface area contributed by atoms with E-state index in [1.54, 1.807) is 6.07 Å². The van der Waals surface area contributed by atoms with E-state index in [4.69, 9.17) is 9.72 Å². The summed E-state index contributed by atoms with van der Waals surface area (Å²) in [7, 11) is 0. The Morgan fingerprint density at radius 1 is 1.30 bits per heavy atom. The first-order chi connectivity index (χ1) is 16.0. The summed E-state index contributed by atoms with van der Waals surface area (Å²) < 4.78 is 7.37. The molecule has 1 aliphatic rings. The highest BCUT2D eigenvalue weighted by molar-refractivity contribution is 5.95. The molecular weight excluding hydrogens is 424 g/mol. The van der Waals surface area contributed by atoms with Crippen molar-refractivity contribution in [2.24, 2.45) is 0 Å². The van der Waals surface area contributed by atoms with E-state index in [1.165, 1.54) is 18.2 Å². The van der Waals surface area contributed by atoms with Gasteiger partial charge < -0.3 is 15.4 Å². The van der Waals surface area contributed by atoms with Crippen LogP contribution < -0.4 is 10.6 Å². The zero-order valence-electron chi connectivity index (χ0n) is 18.8. The summed E-state index contributed by atoms with van der Waals surface area (Å²) in [6, 6.07) is 5.98. The van der Waals surface area contributed by atoms with Gasteiger partial charge in [0.1, 0.15) is 0 Å². The Balaban J connectivity index is 1.67. The number of carbonyl (C=O) groups excluding carboxylic acids is 1. The molecule has 1 saturated heterocycles. The fourth-order valence-electron chi connectivity index (χ4n) is 4.13. The first-order valence-electron chi connectivity index (χ1n) is 11.3. The number of pyridine rings is 1. The first-order valence-corrected chi connectivity index (χ1v) is 11.3. The van der Waals surface area contributed by atoms with E-state index >= 15 is 0 Å². The minimum atomic E-state index is -0.509. The lowest BCUT2D eigenvalue weighted by molar-refractivity contribution is -0.384. The fraction of sp³-hybridized carbons (Fsp3) is 0.435. The van der Waals surface area contributed by atoms with E-state index in [0.29, 0.717) is 26.2 Å². The molecule has 1 aliphatic heterocycles. The Bertz CT molecular complexity index is 1170. The van der Waals surface area contributed by atoms with Gasteiger partial charge in [0.05, 0.1) is 22.2 Å². The molecule has 0 aliphatic carbocycles. The number of hydrogen-bond donors (Lipinski definition) is 2. The monoisotopic (exact) mass is 452 g/mol. The molecule has 2 aromatic heterocycles. The maximum absolute atomic E-state index is 12.8. The van der Waals surface area contributed by atoms with E-state index in [-0.39, 0.29) is 29.7 Å². The SMILES string of the molecule is CCc1nc2c(cnn2CC)c(NC2CCOCC2)c1CNC(=O)c1cccc([N+](=O)[O-])c1. The molecule has 2 N–H and O–H groups in total. The average Bonchev–Trinajstić information content (AvgIpc) is 3.26. The number of nitrogens with zero attached hydrogens (tertiary/aromatic N) is 4. The zero-order chi connectivity index (χ0) is 23.4. The predicted octanol–water partition coefficient (Wildman–Crippen LogP) is 3.44. The third kappa shape index (κ3) is 4.80. The van der Waals surface area contributed by atoms with Gasteiger partial charge in [-0.1, -0.05) is 13.0 Å². The number of anilines is 1. The third-order valence-corrected chi connectivity index (χ3v) is 5.92. The summed E-state index contributed by atoms with van der Waals surface area (Å²) >= 11 is 0. The number of nitro groups is 1. The largest absolute Gasteiger partial charge is 0.381 e. The second-order valence-corrected chi connectivity index (χ2v) is 7.98. The molecule has 3 heterocycles. The molecule has 33 heavy (non-hydrogen) atoms. The number of non-ortho nitro benzene ring substituents is 1. The lowest BCUT2D eigenvalue weighted by atomic mass is 10.0. The van der Waals surface area contributed by atoms with Crippen molar-refractivity contribution in [2.75, 3.05) is 18.5 Å². The van der Waals surface area contributed by atoms with Gasteiger partial charge >= 0.3 is 0 Å². The second-order valence-electron chi connectivity index (χ2n) is 7.98. The molecule has 3 aromatic rings. The molecule has 0 unspecified atom stereocenters. The van der Waals surface area contributed by atoms with Gasteiger partial charge in [0, 0.05) is 61.3 Å². The van der Waals surface area contributed by atoms with Crippen LogP contribution in [0, 0.1) is 10.1 Å². The van der Waals surface area contributed by atoms with Crippen molar-refractivity contribution in [3.05, 3.63) is 57.4 Å². The minimum Gasteiger partial charge on any atom is -0.381 e. The standard InChI is InChI=1S/C23H28N6O4/c1-3-20-18(13-24-23(30)15-6-5-7-17(12-15)29(31)32)21(26-16-8-10-33-11-9-16)19-14-25-28(4-2)22(19)27-20/h5-7,12,14,16H,3-4,8-11,13H2,1-2H3,(H,24,30)(H,26,27). The van der Waals surface area contributed by atoms with Crippen LogP contribution in [0.5, 0.6) is 0 Å². The topological polar surface area (TPSA) is 124 Å². The summed E-state index contributed by atoms with van der Waals surface area (Å²) in [6.45, 7) is 6.43. The molecule has 0 atom stereocenters. The Hall–Kier alpha value is -3.53. The second kappa shape index (κ2) is 9.95. The Kier molecular flexibility index (Phi) is 6.83. The molecule has 0 bridgehead atoms. The van der Waals surface area contributed by atoms with Crippen molar-refractivity contribution in [2.45, 2.75) is 52.2 Å². The number of benzene rings is 1. The van der Waals surface area contributed by atoms with Crippen LogP contribution in [0.3, 0.4) is 0 Å². The number of aryl methyl sites for hydroxylation is 2.